The molecular formula is C17H26ClN. The van der Waals surface area contributed by atoms with Gasteiger partial charge in [0.25, 0.3) is 0 Å². The van der Waals surface area contributed by atoms with Gasteiger partial charge in [0.15, 0.2) is 0 Å². The molecule has 1 unspecified atom stereocenters. The van der Waals surface area contributed by atoms with Gasteiger partial charge in [-0.2, -0.15) is 0 Å². The molecule has 2 rings (SSSR count). The van der Waals surface area contributed by atoms with E-state index in [1.165, 1.54) is 50.5 Å². The lowest BCUT2D eigenvalue weighted by Crippen LogP contribution is -2.26. The maximum Gasteiger partial charge on any atom is 0.0438 e. The fraction of sp³-hybridized carbons (Fsp3) is 0.647. The van der Waals surface area contributed by atoms with Crippen LogP contribution >= 0.6 is 11.6 Å². The van der Waals surface area contributed by atoms with Gasteiger partial charge in [-0.05, 0) is 49.9 Å². The largest absolute Gasteiger partial charge is 0.313 e. The summed E-state index contributed by atoms with van der Waals surface area (Å²) in [6.45, 7) is 2.07. The summed E-state index contributed by atoms with van der Waals surface area (Å²) < 4.78 is 0. The molecule has 1 aliphatic carbocycles. The third kappa shape index (κ3) is 3.97. The highest BCUT2D eigenvalue weighted by Crippen LogP contribution is 2.34. The third-order valence-electron chi connectivity index (χ3n) is 4.49. The van der Waals surface area contributed by atoms with Gasteiger partial charge in [0, 0.05) is 11.1 Å². The summed E-state index contributed by atoms with van der Waals surface area (Å²) in [7, 11) is 2.08. The van der Waals surface area contributed by atoms with Crippen LogP contribution in [0.2, 0.25) is 5.02 Å². The summed E-state index contributed by atoms with van der Waals surface area (Å²) in [4.78, 5) is 0. The topological polar surface area (TPSA) is 12.0 Å². The molecule has 19 heavy (non-hydrogen) atoms. The summed E-state index contributed by atoms with van der Waals surface area (Å²) in [6, 6.07) is 6.99. The summed E-state index contributed by atoms with van der Waals surface area (Å²) in [5.74, 6) is 0.754. The van der Waals surface area contributed by atoms with Crippen molar-refractivity contribution < 1.29 is 0 Å². The predicted molar refractivity (Wildman–Crippen MR) is 83.8 cm³/mol. The zero-order valence-electron chi connectivity index (χ0n) is 12.2. The zero-order chi connectivity index (χ0) is 13.7. The minimum Gasteiger partial charge on any atom is -0.313 e. The molecule has 1 atom stereocenters. The lowest BCUT2D eigenvalue weighted by atomic mass is 9.83. The molecule has 0 spiro atoms. The van der Waals surface area contributed by atoms with Crippen molar-refractivity contribution in [3.05, 3.63) is 34.3 Å². The fourth-order valence-corrected chi connectivity index (χ4v) is 3.49. The van der Waals surface area contributed by atoms with E-state index < -0.39 is 0 Å². The van der Waals surface area contributed by atoms with Gasteiger partial charge in [0.2, 0.25) is 0 Å². The van der Waals surface area contributed by atoms with Crippen molar-refractivity contribution in [1.82, 2.24) is 5.32 Å². The van der Waals surface area contributed by atoms with Crippen LogP contribution < -0.4 is 5.32 Å². The summed E-state index contributed by atoms with van der Waals surface area (Å²) in [6.07, 6.45) is 9.68. The van der Waals surface area contributed by atoms with Crippen molar-refractivity contribution in [1.29, 1.82) is 0 Å². The first-order valence-electron chi connectivity index (χ1n) is 7.65. The van der Waals surface area contributed by atoms with Gasteiger partial charge in [-0.25, -0.2) is 0 Å². The van der Waals surface area contributed by atoms with E-state index in [0.717, 1.165) is 16.5 Å². The number of nitrogens with one attached hydrogen (secondary N) is 1. The first-order chi connectivity index (χ1) is 9.22. The average Bonchev–Trinajstić information content (AvgIpc) is 2.36. The molecule has 0 heterocycles. The monoisotopic (exact) mass is 279 g/mol. The molecule has 0 aliphatic heterocycles. The van der Waals surface area contributed by atoms with Gasteiger partial charge in [-0.3, -0.25) is 0 Å². The van der Waals surface area contributed by atoms with E-state index in [-0.39, 0.29) is 0 Å². The highest BCUT2D eigenvalue weighted by molar-refractivity contribution is 6.31. The van der Waals surface area contributed by atoms with Gasteiger partial charge in [-0.15, -0.1) is 0 Å². The Morgan fingerprint density at radius 1 is 1.11 bits per heavy atom. The predicted octanol–water partition coefficient (Wildman–Crippen LogP) is 5.27. The van der Waals surface area contributed by atoms with Gasteiger partial charge in [0.1, 0.15) is 0 Å². The highest BCUT2D eigenvalue weighted by Gasteiger charge is 2.22. The standard InChI is InChI=1S/C17H26ClN/c1-13-10-11-15(12-16(13)18)17(19-2)14-8-6-4-3-5-7-9-14/h10-12,14,17,19H,3-9H2,1-2H3. The normalized spacial score (nSPS) is 19.7. The molecule has 1 aliphatic rings. The van der Waals surface area contributed by atoms with Crippen molar-refractivity contribution >= 4 is 11.6 Å². The lowest BCUT2D eigenvalue weighted by molar-refractivity contribution is 0.299. The SMILES string of the molecule is CNC(c1ccc(C)c(Cl)c1)C1CCCCCCC1. The van der Waals surface area contributed by atoms with E-state index >= 15 is 0 Å². The molecule has 2 heteroatoms. The number of halogens is 1. The van der Waals surface area contributed by atoms with Crippen LogP contribution in [-0.4, -0.2) is 7.05 Å². The van der Waals surface area contributed by atoms with Crippen LogP contribution in [0.5, 0.6) is 0 Å². The molecule has 1 aromatic carbocycles. The first-order valence-corrected chi connectivity index (χ1v) is 8.03. The molecule has 1 nitrogen and oxygen atoms in total. The van der Waals surface area contributed by atoms with Crippen LogP contribution in [0.15, 0.2) is 18.2 Å². The van der Waals surface area contributed by atoms with Crippen molar-refractivity contribution in [3.63, 3.8) is 0 Å². The van der Waals surface area contributed by atoms with Crippen molar-refractivity contribution in [2.75, 3.05) is 7.05 Å². The lowest BCUT2D eigenvalue weighted by Gasteiger charge is -2.29. The highest BCUT2D eigenvalue weighted by atomic mass is 35.5. The number of hydrogen-bond acceptors (Lipinski definition) is 1. The molecule has 106 valence electrons. The van der Waals surface area contributed by atoms with Gasteiger partial charge >= 0.3 is 0 Å². The fourth-order valence-electron chi connectivity index (χ4n) is 3.30. The van der Waals surface area contributed by atoms with Crippen LogP contribution in [0, 0.1) is 12.8 Å². The molecule has 1 saturated carbocycles. The molecule has 0 amide bonds. The number of hydrogen-bond donors (Lipinski definition) is 1. The van der Waals surface area contributed by atoms with Gasteiger partial charge in [-0.1, -0.05) is 55.8 Å². The smallest absolute Gasteiger partial charge is 0.0438 e. The molecular weight excluding hydrogens is 254 g/mol. The Morgan fingerprint density at radius 2 is 1.74 bits per heavy atom. The van der Waals surface area contributed by atoms with Crippen LogP contribution in [0.3, 0.4) is 0 Å². The molecule has 0 bridgehead atoms. The van der Waals surface area contributed by atoms with Gasteiger partial charge < -0.3 is 5.32 Å². The van der Waals surface area contributed by atoms with Crippen LogP contribution in [0.4, 0.5) is 0 Å². The van der Waals surface area contributed by atoms with E-state index in [4.69, 9.17) is 11.6 Å². The number of benzene rings is 1. The minimum absolute atomic E-state index is 0.455. The van der Waals surface area contributed by atoms with E-state index in [1.807, 2.05) is 0 Å². The molecule has 0 saturated heterocycles. The number of rotatable bonds is 3. The number of aryl methyl sites for hydroxylation is 1. The molecule has 1 aromatic rings. The molecule has 0 radical (unpaired) electrons. The molecule has 0 aromatic heterocycles. The maximum atomic E-state index is 6.28. The maximum absolute atomic E-state index is 6.28. The van der Waals surface area contributed by atoms with E-state index in [0.29, 0.717) is 6.04 Å². The third-order valence-corrected chi connectivity index (χ3v) is 4.89. The minimum atomic E-state index is 0.455. The van der Waals surface area contributed by atoms with Crippen LogP contribution in [0.1, 0.15) is 62.1 Å². The van der Waals surface area contributed by atoms with Crippen molar-refractivity contribution in [2.45, 2.75) is 57.9 Å². The first kappa shape index (κ1) is 14.9. The molecule has 1 fully saturated rings. The Balaban J connectivity index is 2.14. The van der Waals surface area contributed by atoms with E-state index in [2.05, 4.69) is 37.5 Å². The van der Waals surface area contributed by atoms with E-state index in [9.17, 15) is 0 Å². The second-order valence-electron chi connectivity index (χ2n) is 5.88. The van der Waals surface area contributed by atoms with Crippen LogP contribution in [0.25, 0.3) is 0 Å². The Bertz CT molecular complexity index is 394. The molecule has 1 N–H and O–H groups in total. The Kier molecular flexibility index (Phi) is 5.72. The van der Waals surface area contributed by atoms with E-state index in [1.54, 1.807) is 0 Å². The summed E-state index contributed by atoms with van der Waals surface area (Å²) in [5.41, 5.74) is 2.52. The van der Waals surface area contributed by atoms with Crippen LogP contribution in [-0.2, 0) is 0 Å². The Hall–Kier alpha value is -0.530. The Morgan fingerprint density at radius 3 is 2.32 bits per heavy atom. The van der Waals surface area contributed by atoms with Gasteiger partial charge in [0.05, 0.1) is 0 Å². The zero-order valence-corrected chi connectivity index (χ0v) is 13.0. The van der Waals surface area contributed by atoms with Crippen molar-refractivity contribution in [2.24, 2.45) is 5.92 Å². The quantitative estimate of drug-likeness (QED) is 0.795. The van der Waals surface area contributed by atoms with Crippen molar-refractivity contribution in [3.8, 4) is 0 Å². The summed E-state index contributed by atoms with van der Waals surface area (Å²) in [5, 5.41) is 4.42. The summed E-state index contributed by atoms with van der Waals surface area (Å²) >= 11 is 6.28. The second kappa shape index (κ2) is 7.31. The average molecular weight is 280 g/mol. The second-order valence-corrected chi connectivity index (χ2v) is 6.29. The Labute approximate surface area is 122 Å².